The Kier molecular flexibility index (Phi) is 8.88. The molecule has 0 unspecified atom stereocenters. The van der Waals surface area contributed by atoms with Gasteiger partial charge >= 0.3 is 5.63 Å². The zero-order valence-corrected chi connectivity index (χ0v) is 23.0. The molecule has 1 aromatic carbocycles. The maximum Gasteiger partial charge on any atom is 0.346 e. The quantitative estimate of drug-likeness (QED) is 0.263. The first-order valence-electron chi connectivity index (χ1n) is 15.5. The molecule has 0 saturated heterocycles. The molecule has 0 spiro atoms. The molecule has 0 bridgehead atoms. The van der Waals surface area contributed by atoms with Gasteiger partial charge in [-0.2, -0.15) is 0 Å². The van der Waals surface area contributed by atoms with Gasteiger partial charge in [0.05, 0.1) is 0 Å². The van der Waals surface area contributed by atoms with E-state index in [1.165, 1.54) is 77.0 Å². The topological polar surface area (TPSA) is 30.2 Å². The van der Waals surface area contributed by atoms with Gasteiger partial charge in [-0.15, -0.1) is 6.58 Å². The molecule has 3 aliphatic carbocycles. The van der Waals surface area contributed by atoms with Gasteiger partial charge in [-0.1, -0.05) is 50.8 Å². The Labute approximate surface area is 223 Å². The van der Waals surface area contributed by atoms with Crippen molar-refractivity contribution in [1.82, 2.24) is 0 Å². The van der Waals surface area contributed by atoms with Crippen LogP contribution in [0.2, 0.25) is 0 Å². The van der Waals surface area contributed by atoms with Crippen LogP contribution in [0.5, 0.6) is 0 Å². The van der Waals surface area contributed by atoms with Crippen LogP contribution in [0, 0.1) is 29.5 Å². The van der Waals surface area contributed by atoms with E-state index in [1.807, 2.05) is 18.2 Å². The van der Waals surface area contributed by atoms with Gasteiger partial charge in [0, 0.05) is 5.92 Å². The number of allylic oxidation sites excluding steroid dienone is 1. The minimum Gasteiger partial charge on any atom is -0.427 e. The third-order valence-electron chi connectivity index (χ3n) is 10.4. The van der Waals surface area contributed by atoms with E-state index in [4.69, 9.17) is 4.42 Å². The van der Waals surface area contributed by atoms with Crippen molar-refractivity contribution < 1.29 is 8.81 Å². The van der Waals surface area contributed by atoms with E-state index in [0.29, 0.717) is 11.3 Å². The Morgan fingerprint density at radius 3 is 2.19 bits per heavy atom. The number of benzene rings is 1. The van der Waals surface area contributed by atoms with Crippen LogP contribution < -0.4 is 5.63 Å². The Morgan fingerprint density at radius 2 is 1.54 bits per heavy atom. The standard InChI is InChI=1S/C34H47FO2/c1-3-5-6-7-24-10-14-27(15-11-24)30-21-20-29-22-31(37-34(36)32(29)33(30)35)28-18-16-26(17-19-28)25-12-8-23(4-2)9-13-25/h4,20-28H,2-3,5-19H2,1H3. The first kappa shape index (κ1) is 26.7. The highest BCUT2D eigenvalue weighted by Gasteiger charge is 2.32. The molecule has 37 heavy (non-hydrogen) atoms. The predicted octanol–water partition coefficient (Wildman–Crippen LogP) is 10.1. The molecule has 2 aromatic rings. The fourth-order valence-electron chi connectivity index (χ4n) is 7.96. The number of rotatable bonds is 8. The molecule has 1 heterocycles. The lowest BCUT2D eigenvalue weighted by atomic mass is 9.69. The van der Waals surface area contributed by atoms with Crippen LogP contribution >= 0.6 is 0 Å². The van der Waals surface area contributed by atoms with Gasteiger partial charge in [0.25, 0.3) is 0 Å². The number of unbranched alkanes of at least 4 members (excludes halogenated alkanes) is 2. The van der Waals surface area contributed by atoms with Crippen molar-refractivity contribution in [1.29, 1.82) is 0 Å². The first-order chi connectivity index (χ1) is 18.1. The summed E-state index contributed by atoms with van der Waals surface area (Å²) in [5.41, 5.74) is 0.246. The van der Waals surface area contributed by atoms with Gasteiger partial charge < -0.3 is 4.42 Å². The second-order valence-electron chi connectivity index (χ2n) is 12.6. The van der Waals surface area contributed by atoms with E-state index in [1.54, 1.807) is 0 Å². The van der Waals surface area contributed by atoms with Crippen LogP contribution in [0.4, 0.5) is 4.39 Å². The lowest BCUT2D eigenvalue weighted by Crippen LogP contribution is -2.25. The summed E-state index contributed by atoms with van der Waals surface area (Å²) in [4.78, 5) is 13.1. The fraction of sp³-hybridized carbons (Fsp3) is 0.676. The highest BCUT2D eigenvalue weighted by molar-refractivity contribution is 5.83. The second-order valence-corrected chi connectivity index (χ2v) is 12.6. The summed E-state index contributed by atoms with van der Waals surface area (Å²) >= 11 is 0. The Hall–Kier alpha value is -1.90. The van der Waals surface area contributed by atoms with Crippen molar-refractivity contribution in [2.45, 2.75) is 121 Å². The summed E-state index contributed by atoms with van der Waals surface area (Å²) in [6.07, 6.45) is 21.6. The second kappa shape index (κ2) is 12.3. The number of hydrogen-bond donors (Lipinski definition) is 0. The van der Waals surface area contributed by atoms with E-state index in [9.17, 15) is 4.79 Å². The lowest BCUT2D eigenvalue weighted by molar-refractivity contribution is 0.166. The Bertz CT molecular complexity index is 1090. The molecule has 3 fully saturated rings. The molecule has 202 valence electrons. The smallest absolute Gasteiger partial charge is 0.346 e. The van der Waals surface area contributed by atoms with Gasteiger partial charge in [0.2, 0.25) is 0 Å². The van der Waals surface area contributed by atoms with E-state index in [0.717, 1.165) is 54.8 Å². The maximum atomic E-state index is 15.7. The van der Waals surface area contributed by atoms with Gasteiger partial charge in [-0.05, 0) is 124 Å². The van der Waals surface area contributed by atoms with Gasteiger partial charge in [-0.25, -0.2) is 9.18 Å². The van der Waals surface area contributed by atoms with Crippen LogP contribution in [-0.2, 0) is 0 Å². The molecule has 3 heteroatoms. The average Bonchev–Trinajstić information content (AvgIpc) is 2.94. The van der Waals surface area contributed by atoms with E-state index in [2.05, 4.69) is 19.6 Å². The normalized spacial score (nSPS) is 30.9. The summed E-state index contributed by atoms with van der Waals surface area (Å²) in [6, 6.07) is 5.90. The maximum absolute atomic E-state index is 15.7. The van der Waals surface area contributed by atoms with E-state index < -0.39 is 5.63 Å². The molecule has 0 radical (unpaired) electrons. The van der Waals surface area contributed by atoms with Crippen LogP contribution in [0.1, 0.15) is 133 Å². The predicted molar refractivity (Wildman–Crippen MR) is 152 cm³/mol. The van der Waals surface area contributed by atoms with Crippen molar-refractivity contribution >= 4 is 10.8 Å². The van der Waals surface area contributed by atoms with Crippen molar-refractivity contribution in [3.63, 3.8) is 0 Å². The molecule has 2 nitrogen and oxygen atoms in total. The molecule has 0 amide bonds. The zero-order chi connectivity index (χ0) is 25.8. The molecule has 5 rings (SSSR count). The Balaban J connectivity index is 1.23. The molecular weight excluding hydrogens is 459 g/mol. The lowest BCUT2D eigenvalue weighted by Gasteiger charge is -2.37. The monoisotopic (exact) mass is 506 g/mol. The largest absolute Gasteiger partial charge is 0.427 e. The van der Waals surface area contributed by atoms with Crippen LogP contribution in [0.25, 0.3) is 10.8 Å². The summed E-state index contributed by atoms with van der Waals surface area (Å²) < 4.78 is 21.5. The van der Waals surface area contributed by atoms with Crippen LogP contribution in [0.15, 0.2) is 40.1 Å². The van der Waals surface area contributed by atoms with E-state index >= 15 is 4.39 Å². The fourth-order valence-corrected chi connectivity index (χ4v) is 7.96. The van der Waals surface area contributed by atoms with Gasteiger partial charge in [0.15, 0.2) is 0 Å². The molecule has 3 aliphatic rings. The number of fused-ring (bicyclic) bond motifs is 1. The van der Waals surface area contributed by atoms with Crippen LogP contribution in [0.3, 0.4) is 0 Å². The van der Waals surface area contributed by atoms with Gasteiger partial charge in [-0.3, -0.25) is 0 Å². The zero-order valence-electron chi connectivity index (χ0n) is 23.0. The summed E-state index contributed by atoms with van der Waals surface area (Å²) in [5, 5.41) is 0.879. The minimum atomic E-state index is -0.482. The highest BCUT2D eigenvalue weighted by Crippen LogP contribution is 2.45. The summed E-state index contributed by atoms with van der Waals surface area (Å²) in [6.45, 7) is 6.23. The Morgan fingerprint density at radius 1 is 0.892 bits per heavy atom. The number of halogens is 1. The van der Waals surface area contributed by atoms with Crippen molar-refractivity contribution in [2.75, 3.05) is 0 Å². The molecule has 0 N–H and O–H groups in total. The molecule has 3 saturated carbocycles. The average molecular weight is 507 g/mol. The van der Waals surface area contributed by atoms with E-state index in [-0.39, 0.29) is 23.0 Å². The SMILES string of the molecule is C=CC1CCC(C2CCC(c3cc4ccc(C5CCC(CCCCC)CC5)c(F)c4c(=O)o3)CC2)CC1. The third kappa shape index (κ3) is 6.07. The minimum absolute atomic E-state index is 0.166. The first-order valence-corrected chi connectivity index (χ1v) is 15.5. The third-order valence-corrected chi connectivity index (χ3v) is 10.4. The molecular formula is C34H47FO2. The van der Waals surface area contributed by atoms with Gasteiger partial charge in [0.1, 0.15) is 17.0 Å². The molecule has 0 aliphatic heterocycles. The molecule has 0 atom stereocenters. The van der Waals surface area contributed by atoms with Crippen molar-refractivity contribution in [3.05, 3.63) is 58.4 Å². The van der Waals surface area contributed by atoms with Crippen molar-refractivity contribution in [3.8, 4) is 0 Å². The summed E-state index contributed by atoms with van der Waals surface area (Å²) in [7, 11) is 0. The summed E-state index contributed by atoms with van der Waals surface area (Å²) in [5.74, 6) is 4.10. The molecule has 1 aromatic heterocycles. The van der Waals surface area contributed by atoms with Crippen molar-refractivity contribution in [2.24, 2.45) is 23.7 Å². The van der Waals surface area contributed by atoms with Crippen LogP contribution in [-0.4, -0.2) is 0 Å². The highest BCUT2D eigenvalue weighted by atomic mass is 19.1. The number of hydrogen-bond acceptors (Lipinski definition) is 2.